The normalized spacial score (nSPS) is 11.9. The van der Waals surface area contributed by atoms with Crippen molar-refractivity contribution in [2.24, 2.45) is 5.73 Å². The summed E-state index contributed by atoms with van der Waals surface area (Å²) in [4.78, 5) is 0.421. The molecule has 0 heterocycles. The standard InChI is InChI=1S/C14H24N2O2S/c1-9-10(2)12(4)14(13(5)11(9)3)19(17,18)16-8-6-7-15/h16H,6-8,15H2,1-5H3. The van der Waals surface area contributed by atoms with Crippen molar-refractivity contribution in [2.45, 2.75) is 45.9 Å². The summed E-state index contributed by atoms with van der Waals surface area (Å²) in [7, 11) is -3.46. The van der Waals surface area contributed by atoms with E-state index in [1.165, 1.54) is 0 Å². The maximum atomic E-state index is 12.4. The SMILES string of the molecule is Cc1c(C)c(C)c(S(=O)(=O)NCCCN)c(C)c1C. The van der Waals surface area contributed by atoms with Crippen LogP contribution in [0.25, 0.3) is 0 Å². The van der Waals surface area contributed by atoms with Crippen molar-refractivity contribution in [3.63, 3.8) is 0 Å². The highest BCUT2D eigenvalue weighted by Gasteiger charge is 2.22. The molecule has 0 saturated heterocycles. The van der Waals surface area contributed by atoms with Gasteiger partial charge >= 0.3 is 0 Å². The molecular formula is C14H24N2O2S. The first-order valence-corrected chi connectivity index (χ1v) is 7.99. The molecule has 4 nitrogen and oxygen atoms in total. The largest absolute Gasteiger partial charge is 0.330 e. The van der Waals surface area contributed by atoms with Gasteiger partial charge in [-0.3, -0.25) is 0 Å². The van der Waals surface area contributed by atoms with Crippen LogP contribution in [0.5, 0.6) is 0 Å². The van der Waals surface area contributed by atoms with E-state index in [-0.39, 0.29) is 0 Å². The monoisotopic (exact) mass is 284 g/mol. The maximum absolute atomic E-state index is 12.4. The number of rotatable bonds is 5. The lowest BCUT2D eigenvalue weighted by molar-refractivity contribution is 0.578. The van der Waals surface area contributed by atoms with E-state index in [0.717, 1.165) is 27.8 Å². The van der Waals surface area contributed by atoms with Crippen molar-refractivity contribution in [2.75, 3.05) is 13.1 Å². The first-order chi connectivity index (χ1) is 8.74. The average molecular weight is 284 g/mol. The highest BCUT2D eigenvalue weighted by atomic mass is 32.2. The molecule has 3 N–H and O–H groups in total. The van der Waals surface area contributed by atoms with Crippen LogP contribution < -0.4 is 10.5 Å². The van der Waals surface area contributed by atoms with Crippen LogP contribution in [-0.4, -0.2) is 21.5 Å². The molecule has 0 unspecified atom stereocenters. The van der Waals surface area contributed by atoms with Gasteiger partial charge in [-0.05, 0) is 75.4 Å². The summed E-state index contributed by atoms with van der Waals surface area (Å²) >= 11 is 0. The van der Waals surface area contributed by atoms with Gasteiger partial charge in [-0.15, -0.1) is 0 Å². The van der Waals surface area contributed by atoms with E-state index in [2.05, 4.69) is 4.72 Å². The molecule has 0 bridgehead atoms. The fourth-order valence-electron chi connectivity index (χ4n) is 2.25. The van der Waals surface area contributed by atoms with Crippen molar-refractivity contribution in [3.8, 4) is 0 Å². The van der Waals surface area contributed by atoms with E-state index in [0.29, 0.717) is 24.4 Å². The Bertz CT molecular complexity index is 549. The van der Waals surface area contributed by atoms with Crippen molar-refractivity contribution in [1.29, 1.82) is 0 Å². The Labute approximate surface area is 116 Å². The molecule has 108 valence electrons. The molecule has 0 atom stereocenters. The predicted octanol–water partition coefficient (Wildman–Crippen LogP) is 1.86. The van der Waals surface area contributed by atoms with Gasteiger partial charge in [0.25, 0.3) is 0 Å². The van der Waals surface area contributed by atoms with Gasteiger partial charge in [0.2, 0.25) is 10.0 Å². The van der Waals surface area contributed by atoms with Crippen LogP contribution in [0.1, 0.15) is 34.2 Å². The molecule has 1 rings (SSSR count). The Balaban J connectivity index is 3.35. The first kappa shape index (κ1) is 16.1. The third-order valence-electron chi connectivity index (χ3n) is 3.87. The lowest BCUT2D eigenvalue weighted by atomic mass is 9.95. The summed E-state index contributed by atoms with van der Waals surface area (Å²) in [5.41, 5.74) is 10.3. The Morgan fingerprint density at radius 2 is 1.32 bits per heavy atom. The van der Waals surface area contributed by atoms with E-state index in [1.54, 1.807) is 0 Å². The van der Waals surface area contributed by atoms with E-state index in [1.807, 2.05) is 34.6 Å². The smallest absolute Gasteiger partial charge is 0.241 e. The Kier molecular flexibility index (Phi) is 5.12. The van der Waals surface area contributed by atoms with E-state index >= 15 is 0 Å². The summed E-state index contributed by atoms with van der Waals surface area (Å²) in [6.07, 6.45) is 0.640. The van der Waals surface area contributed by atoms with Crippen LogP contribution in [0.2, 0.25) is 0 Å². The van der Waals surface area contributed by atoms with Gasteiger partial charge in [-0.25, -0.2) is 13.1 Å². The van der Waals surface area contributed by atoms with Crippen LogP contribution in [-0.2, 0) is 10.0 Å². The van der Waals surface area contributed by atoms with Gasteiger partial charge in [0.15, 0.2) is 0 Å². The first-order valence-electron chi connectivity index (χ1n) is 6.50. The van der Waals surface area contributed by atoms with Crippen LogP contribution in [0, 0.1) is 34.6 Å². The van der Waals surface area contributed by atoms with Gasteiger partial charge in [0.1, 0.15) is 0 Å². The zero-order valence-electron chi connectivity index (χ0n) is 12.4. The van der Waals surface area contributed by atoms with Gasteiger partial charge in [0, 0.05) is 6.54 Å². The molecule has 0 aliphatic heterocycles. The molecule has 0 amide bonds. The average Bonchev–Trinajstić information content (AvgIpc) is 2.34. The summed E-state index contributed by atoms with van der Waals surface area (Å²) in [5.74, 6) is 0. The second kappa shape index (κ2) is 6.03. The quantitative estimate of drug-likeness (QED) is 0.811. The number of hydrogen-bond acceptors (Lipinski definition) is 3. The number of nitrogens with two attached hydrogens (primary N) is 1. The molecule has 19 heavy (non-hydrogen) atoms. The van der Waals surface area contributed by atoms with Gasteiger partial charge in [-0.1, -0.05) is 0 Å². The van der Waals surface area contributed by atoms with E-state index in [4.69, 9.17) is 5.73 Å². The van der Waals surface area contributed by atoms with Crippen LogP contribution in [0.15, 0.2) is 4.90 Å². The molecule has 0 fully saturated rings. The maximum Gasteiger partial charge on any atom is 0.241 e. The Morgan fingerprint density at radius 1 is 0.895 bits per heavy atom. The number of nitrogens with one attached hydrogen (secondary N) is 1. The molecule has 0 aliphatic carbocycles. The summed E-state index contributed by atoms with van der Waals surface area (Å²) in [5, 5.41) is 0. The van der Waals surface area contributed by atoms with E-state index in [9.17, 15) is 8.42 Å². The molecule has 0 aliphatic rings. The third-order valence-corrected chi connectivity index (χ3v) is 5.61. The van der Waals surface area contributed by atoms with Gasteiger partial charge in [-0.2, -0.15) is 0 Å². The minimum atomic E-state index is -3.46. The second-order valence-corrected chi connectivity index (χ2v) is 6.70. The Hall–Kier alpha value is -0.910. The third kappa shape index (κ3) is 3.16. The van der Waals surface area contributed by atoms with Crippen LogP contribution in [0.3, 0.4) is 0 Å². The lowest BCUT2D eigenvalue weighted by Crippen LogP contribution is -2.28. The molecule has 1 aromatic rings. The van der Waals surface area contributed by atoms with Crippen LogP contribution >= 0.6 is 0 Å². The second-order valence-electron chi connectivity index (χ2n) is 4.99. The summed E-state index contributed by atoms with van der Waals surface area (Å²) in [6.45, 7) is 10.6. The molecule has 0 radical (unpaired) electrons. The summed E-state index contributed by atoms with van der Waals surface area (Å²) < 4.78 is 27.4. The Morgan fingerprint density at radius 3 is 1.74 bits per heavy atom. The van der Waals surface area contributed by atoms with E-state index < -0.39 is 10.0 Å². The minimum Gasteiger partial charge on any atom is -0.330 e. The predicted molar refractivity (Wildman–Crippen MR) is 79.0 cm³/mol. The van der Waals surface area contributed by atoms with Gasteiger partial charge in [0.05, 0.1) is 4.90 Å². The highest BCUT2D eigenvalue weighted by Crippen LogP contribution is 2.29. The molecule has 0 spiro atoms. The van der Waals surface area contributed by atoms with Crippen molar-refractivity contribution in [3.05, 3.63) is 27.8 Å². The van der Waals surface area contributed by atoms with Crippen molar-refractivity contribution in [1.82, 2.24) is 4.72 Å². The van der Waals surface area contributed by atoms with Crippen molar-refractivity contribution >= 4 is 10.0 Å². The molecule has 5 heteroatoms. The molecular weight excluding hydrogens is 260 g/mol. The number of sulfonamides is 1. The molecule has 0 saturated carbocycles. The summed E-state index contributed by atoms with van der Waals surface area (Å²) in [6, 6.07) is 0. The topological polar surface area (TPSA) is 72.2 Å². The fraction of sp³-hybridized carbons (Fsp3) is 0.571. The van der Waals surface area contributed by atoms with Gasteiger partial charge < -0.3 is 5.73 Å². The number of benzene rings is 1. The zero-order chi connectivity index (χ0) is 14.8. The zero-order valence-corrected chi connectivity index (χ0v) is 13.2. The fourth-order valence-corrected chi connectivity index (χ4v) is 3.92. The molecule has 1 aromatic carbocycles. The minimum absolute atomic E-state index is 0.379. The molecule has 0 aromatic heterocycles. The highest BCUT2D eigenvalue weighted by molar-refractivity contribution is 7.89. The van der Waals surface area contributed by atoms with Crippen molar-refractivity contribution < 1.29 is 8.42 Å². The lowest BCUT2D eigenvalue weighted by Gasteiger charge is -2.19. The number of hydrogen-bond donors (Lipinski definition) is 2. The van der Waals surface area contributed by atoms with Crippen LogP contribution in [0.4, 0.5) is 0 Å².